The van der Waals surface area contributed by atoms with Crippen molar-refractivity contribution in [2.24, 2.45) is 5.73 Å². The highest BCUT2D eigenvalue weighted by atomic mass is 35.5. The van der Waals surface area contributed by atoms with Crippen LogP contribution in [-0.4, -0.2) is 11.9 Å². The summed E-state index contributed by atoms with van der Waals surface area (Å²) in [5.41, 5.74) is 7.17. The van der Waals surface area contributed by atoms with Gasteiger partial charge in [0.15, 0.2) is 5.78 Å². The predicted molar refractivity (Wildman–Crippen MR) is 159 cm³/mol. The summed E-state index contributed by atoms with van der Waals surface area (Å²) in [6.45, 7) is -0.0109. The number of nitrogens with two attached hydrogens (primary N) is 1. The van der Waals surface area contributed by atoms with Crippen LogP contribution in [0, 0.1) is 5.41 Å². The maximum absolute atomic E-state index is 14.6. The Bertz CT molecular complexity index is 1420. The number of amidine groups is 1. The van der Waals surface area contributed by atoms with E-state index in [-0.39, 0.29) is 36.3 Å². The molecule has 40 heavy (non-hydrogen) atoms. The largest absolute Gasteiger partial charge is 0.457 e. The number of amides is 1. The number of halogens is 3. The third-order valence-electron chi connectivity index (χ3n) is 5.41. The molecule has 0 aliphatic rings. The maximum atomic E-state index is 14.6. The van der Waals surface area contributed by atoms with Gasteiger partial charge in [-0.05, 0) is 59.7 Å². The Morgan fingerprint density at radius 1 is 0.825 bits per heavy atom. The van der Waals surface area contributed by atoms with Crippen molar-refractivity contribution in [2.45, 2.75) is 12.4 Å². The summed E-state index contributed by atoms with van der Waals surface area (Å²) >= 11 is 12.0. The van der Waals surface area contributed by atoms with Crippen molar-refractivity contribution in [3.8, 4) is 11.5 Å². The number of rotatable bonds is 10. The molecule has 4 aromatic rings. The summed E-state index contributed by atoms with van der Waals surface area (Å²) in [6.07, 6.45) is -0.848. The Balaban J connectivity index is 0.00000441. The van der Waals surface area contributed by atoms with Crippen molar-refractivity contribution in [1.82, 2.24) is 5.32 Å². The molecule has 4 N–H and O–H groups in total. The molecule has 4 aromatic carbocycles. The zero-order chi connectivity index (χ0) is 27.8. The van der Waals surface area contributed by atoms with Crippen LogP contribution < -0.4 is 20.1 Å². The topological polar surface area (TPSA) is 124 Å². The van der Waals surface area contributed by atoms with Crippen LogP contribution in [0.4, 0.5) is 4.79 Å². The number of nitrogens with one attached hydrogen (secondary N) is 2. The first-order valence-corrected chi connectivity index (χ1v) is 14.0. The third-order valence-corrected chi connectivity index (χ3v) is 7.91. The van der Waals surface area contributed by atoms with Crippen molar-refractivity contribution in [2.75, 3.05) is 0 Å². The van der Waals surface area contributed by atoms with E-state index in [2.05, 4.69) is 5.32 Å². The highest BCUT2D eigenvalue weighted by Crippen LogP contribution is 2.59. The zero-order valence-electron chi connectivity index (χ0n) is 20.8. The molecule has 0 radical (unpaired) electrons. The number of nitrogen functional groups attached to an aromatic ring is 1. The van der Waals surface area contributed by atoms with Crippen molar-refractivity contribution < 1.29 is 23.1 Å². The molecular weight excluding hydrogens is 596 g/mol. The molecule has 0 bridgehead atoms. The number of alkyl carbamates (subject to hydrolysis) is 1. The summed E-state index contributed by atoms with van der Waals surface area (Å²) in [6, 6.07) is 27.8. The highest BCUT2D eigenvalue weighted by molar-refractivity contribution is 7.55. The standard InChI is InChI=1S/C28H24Cl2N3O5P.ClH/c29-22-10-14-24(15-11-22)37-39(35,38-25-16-12-23(30)13-17-25)27(21-8-6-20(7-9-21)26(31)32)33-28(34)36-18-19-4-2-1-3-5-19;/h1-17,27H,18H2,(H3,31,32)(H,33,34);1H. The van der Waals surface area contributed by atoms with Gasteiger partial charge in [-0.1, -0.05) is 77.8 Å². The van der Waals surface area contributed by atoms with Crippen molar-refractivity contribution >= 4 is 55.1 Å². The molecule has 208 valence electrons. The fourth-order valence-electron chi connectivity index (χ4n) is 3.48. The third kappa shape index (κ3) is 8.41. The smallest absolute Gasteiger partial charge is 0.445 e. The number of carbonyl (C=O) groups excluding carboxylic acids is 1. The molecule has 4 rings (SSSR count). The van der Waals surface area contributed by atoms with Crippen LogP contribution in [0.1, 0.15) is 22.5 Å². The second-order valence-electron chi connectivity index (χ2n) is 8.27. The van der Waals surface area contributed by atoms with Gasteiger partial charge in [0.05, 0.1) is 0 Å². The van der Waals surface area contributed by atoms with Crippen LogP contribution in [0.25, 0.3) is 0 Å². The number of carbonyl (C=O) groups is 1. The van der Waals surface area contributed by atoms with Gasteiger partial charge in [-0.15, -0.1) is 12.4 Å². The van der Waals surface area contributed by atoms with Crippen molar-refractivity contribution in [1.29, 1.82) is 5.41 Å². The zero-order valence-corrected chi connectivity index (χ0v) is 24.1. The van der Waals surface area contributed by atoms with Gasteiger partial charge in [0.1, 0.15) is 23.9 Å². The predicted octanol–water partition coefficient (Wildman–Crippen LogP) is 7.98. The number of benzene rings is 4. The van der Waals surface area contributed by atoms with E-state index >= 15 is 0 Å². The lowest BCUT2D eigenvalue weighted by Gasteiger charge is -2.28. The average molecular weight is 621 g/mol. The number of hydrogen-bond acceptors (Lipinski definition) is 6. The quantitative estimate of drug-likeness (QED) is 0.0938. The summed E-state index contributed by atoms with van der Waals surface area (Å²) in [5.74, 6) is -1.08. The van der Waals surface area contributed by atoms with Gasteiger partial charge < -0.3 is 24.8 Å². The second-order valence-corrected chi connectivity index (χ2v) is 11.1. The van der Waals surface area contributed by atoms with Gasteiger partial charge in [-0.2, -0.15) is 0 Å². The van der Waals surface area contributed by atoms with E-state index < -0.39 is 19.5 Å². The molecule has 0 spiro atoms. The SMILES string of the molecule is Cl.N=C(N)c1ccc(C(NC(=O)OCc2ccccc2)P(=O)(Oc2ccc(Cl)cc2)Oc2ccc(Cl)cc2)cc1. The van der Waals surface area contributed by atoms with Gasteiger partial charge in [0.2, 0.25) is 0 Å². The summed E-state index contributed by atoms with van der Waals surface area (Å²) in [7, 11) is -4.30. The summed E-state index contributed by atoms with van der Waals surface area (Å²) < 4.78 is 31.9. The second kappa shape index (κ2) is 14.1. The molecule has 0 aliphatic carbocycles. The summed E-state index contributed by atoms with van der Waals surface area (Å²) in [4.78, 5) is 13.0. The lowest BCUT2D eigenvalue weighted by Crippen LogP contribution is -2.31. The minimum absolute atomic E-state index is 0. The molecule has 8 nitrogen and oxygen atoms in total. The Morgan fingerprint density at radius 2 is 1.32 bits per heavy atom. The van der Waals surface area contributed by atoms with E-state index in [1.807, 2.05) is 30.3 Å². The number of hydrogen-bond donors (Lipinski definition) is 3. The molecular formula is C28H25Cl3N3O5P. The maximum Gasteiger partial charge on any atom is 0.457 e. The highest BCUT2D eigenvalue weighted by Gasteiger charge is 2.42. The van der Waals surface area contributed by atoms with E-state index in [0.29, 0.717) is 21.2 Å². The summed E-state index contributed by atoms with van der Waals surface area (Å²) in [5, 5.41) is 11.2. The van der Waals surface area contributed by atoms with Crippen LogP contribution in [0.15, 0.2) is 103 Å². The van der Waals surface area contributed by atoms with Crippen LogP contribution in [0.2, 0.25) is 10.0 Å². The van der Waals surface area contributed by atoms with E-state index in [1.54, 1.807) is 48.5 Å². The van der Waals surface area contributed by atoms with Gasteiger partial charge in [-0.3, -0.25) is 5.41 Å². The molecule has 0 fully saturated rings. The first-order valence-electron chi connectivity index (χ1n) is 11.6. The van der Waals surface area contributed by atoms with Crippen LogP contribution in [0.3, 0.4) is 0 Å². The van der Waals surface area contributed by atoms with Gasteiger partial charge in [0, 0.05) is 15.6 Å². The Labute approximate surface area is 247 Å². The molecule has 1 unspecified atom stereocenters. The van der Waals surface area contributed by atoms with Crippen molar-refractivity contribution in [3.05, 3.63) is 130 Å². The normalized spacial score (nSPS) is 11.4. The van der Waals surface area contributed by atoms with Gasteiger partial charge in [-0.25, -0.2) is 9.36 Å². The van der Waals surface area contributed by atoms with E-state index in [4.69, 9.17) is 48.1 Å². The molecule has 1 atom stereocenters. The van der Waals surface area contributed by atoms with E-state index in [0.717, 1.165) is 5.56 Å². The van der Waals surface area contributed by atoms with E-state index in [1.165, 1.54) is 24.3 Å². The van der Waals surface area contributed by atoms with Gasteiger partial charge >= 0.3 is 13.7 Å². The molecule has 0 saturated heterocycles. The minimum atomic E-state index is -4.30. The van der Waals surface area contributed by atoms with Crippen LogP contribution in [-0.2, 0) is 15.9 Å². The first-order chi connectivity index (χ1) is 18.7. The molecule has 0 heterocycles. The van der Waals surface area contributed by atoms with E-state index in [9.17, 15) is 9.36 Å². The lowest BCUT2D eigenvalue weighted by molar-refractivity contribution is 0.137. The Hall–Kier alpha value is -3.68. The minimum Gasteiger partial charge on any atom is -0.445 e. The molecule has 1 amide bonds. The van der Waals surface area contributed by atoms with Gasteiger partial charge in [0.25, 0.3) is 0 Å². The number of ether oxygens (including phenoxy) is 1. The fourth-order valence-corrected chi connectivity index (χ4v) is 5.61. The average Bonchev–Trinajstić information content (AvgIpc) is 2.94. The molecule has 0 aromatic heterocycles. The molecule has 0 saturated carbocycles. The van der Waals surface area contributed by atoms with Crippen molar-refractivity contribution in [3.63, 3.8) is 0 Å². The first kappa shape index (κ1) is 30.9. The fraction of sp³-hybridized carbons (Fsp3) is 0.0714. The Morgan fingerprint density at radius 3 is 1.80 bits per heavy atom. The molecule has 12 heteroatoms. The lowest BCUT2D eigenvalue weighted by atomic mass is 10.1. The monoisotopic (exact) mass is 619 g/mol. The molecule has 0 aliphatic heterocycles. The Kier molecular flexibility index (Phi) is 10.9. The van der Waals surface area contributed by atoms with Crippen LogP contribution in [0.5, 0.6) is 11.5 Å². The van der Waals surface area contributed by atoms with Crippen LogP contribution >= 0.6 is 43.2 Å².